The summed E-state index contributed by atoms with van der Waals surface area (Å²) in [5.74, 6) is -2.42. The van der Waals surface area contributed by atoms with Crippen LogP contribution in [0.2, 0.25) is 0 Å². The van der Waals surface area contributed by atoms with Crippen LogP contribution in [0.15, 0.2) is 54.6 Å². The summed E-state index contributed by atoms with van der Waals surface area (Å²) in [6.07, 6.45) is 5.08. The minimum Gasteiger partial charge on any atom is -0.292 e. The first-order chi connectivity index (χ1) is 17.7. The molecular weight excluding hydrogens is 474 g/mol. The molecule has 3 amide bonds. The van der Waals surface area contributed by atoms with E-state index in [1.54, 1.807) is 18.2 Å². The highest BCUT2D eigenvalue weighted by molar-refractivity contribution is 6.10. The molecule has 0 radical (unpaired) electrons. The number of rotatable bonds is 6. The van der Waals surface area contributed by atoms with Gasteiger partial charge in [-0.25, -0.2) is 5.01 Å². The first-order valence-electron chi connectivity index (χ1n) is 12.4. The maximum Gasteiger partial charge on any atom is 0.273 e. The van der Waals surface area contributed by atoms with Crippen LogP contribution in [-0.4, -0.2) is 45.0 Å². The molecule has 0 unspecified atom stereocenters. The Morgan fingerprint density at radius 3 is 2.03 bits per heavy atom. The third kappa shape index (κ3) is 3.52. The van der Waals surface area contributed by atoms with Crippen molar-refractivity contribution in [3.8, 4) is 0 Å². The molecule has 37 heavy (non-hydrogen) atoms. The second kappa shape index (κ2) is 8.19. The van der Waals surface area contributed by atoms with Gasteiger partial charge in [-0.05, 0) is 73.3 Å². The molecule has 7 rings (SSSR count). The predicted molar refractivity (Wildman–Crippen MR) is 131 cm³/mol. The number of carbonyl (C=O) groups excluding carboxylic acids is 4. The van der Waals surface area contributed by atoms with Crippen LogP contribution in [0, 0.1) is 59.5 Å². The summed E-state index contributed by atoms with van der Waals surface area (Å²) in [7, 11) is 0. The normalized spacial score (nSPS) is 28.6. The third-order valence-corrected chi connectivity index (χ3v) is 8.56. The number of nitrogens with zero attached hydrogens (tertiary/aromatic N) is 3. The zero-order valence-corrected chi connectivity index (χ0v) is 20.4. The first-order valence-corrected chi connectivity index (χ1v) is 12.4. The van der Waals surface area contributed by atoms with Crippen LogP contribution < -0.4 is 0 Å². The maximum atomic E-state index is 13.7. The van der Waals surface area contributed by atoms with Gasteiger partial charge in [-0.3, -0.25) is 29.3 Å². The molecule has 0 aromatic heterocycles. The summed E-state index contributed by atoms with van der Waals surface area (Å²) in [6, 6.07) is 10.1. The van der Waals surface area contributed by atoms with Crippen LogP contribution in [0.1, 0.15) is 38.3 Å². The van der Waals surface area contributed by atoms with Gasteiger partial charge >= 0.3 is 0 Å². The number of allylic oxidation sites excluding steroid dienone is 2. The van der Waals surface area contributed by atoms with Gasteiger partial charge in [0.2, 0.25) is 0 Å². The summed E-state index contributed by atoms with van der Waals surface area (Å²) in [6.45, 7) is 3.29. The number of aryl methyl sites for hydroxylation is 2. The lowest BCUT2D eigenvalue weighted by atomic mass is 9.63. The molecule has 0 N–H and O–H groups in total. The molecule has 2 saturated carbocycles. The van der Waals surface area contributed by atoms with Crippen molar-refractivity contribution >= 4 is 29.2 Å². The molecule has 1 heterocycles. The molecule has 9 nitrogen and oxygen atoms in total. The molecule has 2 bridgehead atoms. The smallest absolute Gasteiger partial charge is 0.273 e. The van der Waals surface area contributed by atoms with Gasteiger partial charge in [0.1, 0.15) is 6.54 Å². The highest BCUT2D eigenvalue weighted by Crippen LogP contribution is 2.65. The van der Waals surface area contributed by atoms with Crippen LogP contribution in [0.5, 0.6) is 0 Å². The van der Waals surface area contributed by atoms with Crippen molar-refractivity contribution in [2.45, 2.75) is 20.3 Å². The molecule has 3 fully saturated rings. The number of ketones is 1. The highest BCUT2D eigenvalue weighted by Gasteiger charge is 2.68. The lowest BCUT2D eigenvalue weighted by Gasteiger charge is -2.37. The molecule has 0 spiro atoms. The Bertz CT molecular complexity index is 1380. The highest BCUT2D eigenvalue weighted by atomic mass is 16.6. The van der Waals surface area contributed by atoms with Crippen LogP contribution in [0.4, 0.5) is 5.69 Å². The largest absolute Gasteiger partial charge is 0.292 e. The van der Waals surface area contributed by atoms with Gasteiger partial charge in [-0.15, -0.1) is 0 Å². The van der Waals surface area contributed by atoms with Gasteiger partial charge in [0.05, 0.1) is 16.8 Å². The molecule has 9 heteroatoms. The van der Waals surface area contributed by atoms with Gasteiger partial charge < -0.3 is 0 Å². The Labute approximate surface area is 212 Å². The molecule has 6 atom stereocenters. The standard InChI is InChI=1S/C28H25N3O6/c1-14-3-4-17(11-15(14)2)23(32)13-29(26(33)16-5-7-18(8-6-16)31(36)37)30-27(34)24-19-9-10-20(22-12-21(19)22)25(24)28(30)35/h3-11,19-22,24-25H,12-13H2,1-2H3/t19-,20-,21-,22+,24-,25+/m0/s1. The number of benzene rings is 2. The lowest BCUT2D eigenvalue weighted by Crippen LogP contribution is -2.52. The summed E-state index contributed by atoms with van der Waals surface area (Å²) in [4.78, 5) is 65.0. The molecule has 188 valence electrons. The van der Waals surface area contributed by atoms with Gasteiger partial charge in [-0.1, -0.05) is 24.3 Å². The van der Waals surface area contributed by atoms with E-state index in [0.717, 1.165) is 27.6 Å². The van der Waals surface area contributed by atoms with Crippen LogP contribution in [0.25, 0.3) is 0 Å². The van der Waals surface area contributed by atoms with Gasteiger partial charge in [0.15, 0.2) is 5.78 Å². The number of hydrogen-bond acceptors (Lipinski definition) is 6. The van der Waals surface area contributed by atoms with E-state index in [2.05, 4.69) is 0 Å². The van der Waals surface area contributed by atoms with Gasteiger partial charge in [0.25, 0.3) is 23.4 Å². The minimum absolute atomic E-state index is 0.0340. The molecule has 2 aromatic carbocycles. The van der Waals surface area contributed by atoms with Crippen LogP contribution in [0.3, 0.4) is 0 Å². The van der Waals surface area contributed by atoms with Crippen LogP contribution in [-0.2, 0) is 9.59 Å². The maximum absolute atomic E-state index is 13.7. The Kier molecular flexibility index (Phi) is 5.15. The van der Waals surface area contributed by atoms with E-state index < -0.39 is 46.8 Å². The number of hydrazine groups is 1. The number of imide groups is 1. The summed E-state index contributed by atoms with van der Waals surface area (Å²) in [5.41, 5.74) is 2.11. The number of carbonyl (C=O) groups is 4. The van der Waals surface area contributed by atoms with Gasteiger partial charge in [-0.2, -0.15) is 5.01 Å². The number of nitro benzene ring substituents is 1. The van der Waals surface area contributed by atoms with Crippen molar-refractivity contribution in [1.82, 2.24) is 10.0 Å². The van der Waals surface area contributed by atoms with E-state index in [4.69, 9.17) is 0 Å². The monoisotopic (exact) mass is 499 g/mol. The van der Waals surface area contributed by atoms with Crippen molar-refractivity contribution in [2.75, 3.05) is 6.54 Å². The quantitative estimate of drug-likeness (QED) is 0.197. The minimum atomic E-state index is -0.738. The zero-order valence-electron chi connectivity index (χ0n) is 20.4. The lowest BCUT2D eigenvalue weighted by molar-refractivity contribution is -0.384. The number of nitro groups is 1. The van der Waals surface area contributed by atoms with E-state index in [1.807, 2.05) is 26.0 Å². The first kappa shape index (κ1) is 23.3. The number of Topliss-reactive ketones (excluding diaryl/α,β-unsaturated/α-hetero) is 1. The molecule has 5 aliphatic rings. The summed E-state index contributed by atoms with van der Waals surface area (Å²) in [5, 5.41) is 12.9. The second-order valence-corrected chi connectivity index (χ2v) is 10.5. The molecule has 1 aliphatic heterocycles. The van der Waals surface area contributed by atoms with Crippen molar-refractivity contribution in [1.29, 1.82) is 0 Å². The Hall–Kier alpha value is -4.14. The van der Waals surface area contributed by atoms with E-state index in [1.165, 1.54) is 24.3 Å². The molecule has 4 aliphatic carbocycles. The van der Waals surface area contributed by atoms with E-state index >= 15 is 0 Å². The predicted octanol–water partition coefficient (Wildman–Crippen LogP) is 3.50. The number of hydrogen-bond donors (Lipinski definition) is 0. The van der Waals surface area contributed by atoms with E-state index in [9.17, 15) is 29.3 Å². The van der Waals surface area contributed by atoms with Crippen molar-refractivity contribution in [2.24, 2.45) is 35.5 Å². The van der Waals surface area contributed by atoms with Crippen molar-refractivity contribution < 1.29 is 24.1 Å². The second-order valence-electron chi connectivity index (χ2n) is 10.5. The third-order valence-electron chi connectivity index (χ3n) is 8.56. The number of non-ortho nitro benzene ring substituents is 1. The molecular formula is C28H25N3O6. The van der Waals surface area contributed by atoms with E-state index in [-0.39, 0.29) is 23.1 Å². The molecule has 1 saturated heterocycles. The molecule has 2 aromatic rings. The fourth-order valence-corrected chi connectivity index (χ4v) is 6.43. The fraction of sp³-hybridized carbons (Fsp3) is 0.357. The zero-order chi connectivity index (χ0) is 26.2. The summed E-state index contributed by atoms with van der Waals surface area (Å²) < 4.78 is 0. The summed E-state index contributed by atoms with van der Waals surface area (Å²) >= 11 is 0. The van der Waals surface area contributed by atoms with Crippen LogP contribution >= 0.6 is 0 Å². The number of amides is 3. The Morgan fingerprint density at radius 2 is 1.49 bits per heavy atom. The van der Waals surface area contributed by atoms with E-state index in [0.29, 0.717) is 17.4 Å². The Balaban J connectivity index is 1.36. The average molecular weight is 500 g/mol. The fourth-order valence-electron chi connectivity index (χ4n) is 6.43. The average Bonchev–Trinajstić information content (AvgIpc) is 3.67. The Morgan fingerprint density at radius 1 is 0.919 bits per heavy atom. The van der Waals surface area contributed by atoms with Gasteiger partial charge in [0, 0.05) is 23.3 Å². The van der Waals surface area contributed by atoms with Crippen molar-refractivity contribution in [3.63, 3.8) is 0 Å². The van der Waals surface area contributed by atoms with Crippen molar-refractivity contribution in [3.05, 3.63) is 87.0 Å². The SMILES string of the molecule is Cc1ccc(C(=O)CN(C(=O)c2ccc([N+](=O)[O-])cc2)N2C(=O)[C@@H]3[C@H]4C=C[C@@H]([C@@H]5C[C@H]45)[C@@H]3C2=O)cc1C. The topological polar surface area (TPSA) is 118 Å².